The van der Waals surface area contributed by atoms with Crippen molar-refractivity contribution in [2.24, 2.45) is 12.0 Å². The average Bonchev–Trinajstić information content (AvgIpc) is 3.24. The maximum absolute atomic E-state index is 12.0. The van der Waals surface area contributed by atoms with E-state index in [0.29, 0.717) is 29.7 Å². The summed E-state index contributed by atoms with van der Waals surface area (Å²) >= 11 is 1.35. The van der Waals surface area contributed by atoms with Crippen LogP contribution in [-0.2, 0) is 31.2 Å². The van der Waals surface area contributed by atoms with E-state index in [-0.39, 0.29) is 36.0 Å². The summed E-state index contributed by atoms with van der Waals surface area (Å²) in [5.41, 5.74) is 4.25. The number of ether oxygens (including phenoxy) is 1. The fourth-order valence-electron chi connectivity index (χ4n) is 3.22. The molecule has 30 heavy (non-hydrogen) atoms. The van der Waals surface area contributed by atoms with Crippen LogP contribution < -0.4 is 10.6 Å². The van der Waals surface area contributed by atoms with Gasteiger partial charge in [-0.1, -0.05) is 13.8 Å². The van der Waals surface area contributed by atoms with Crippen molar-refractivity contribution in [1.29, 1.82) is 0 Å². The molecule has 0 aliphatic rings. The van der Waals surface area contributed by atoms with Crippen LogP contribution in [-0.4, -0.2) is 40.3 Å². The normalized spacial score (nSPS) is 12.3. The Bertz CT molecular complexity index is 877. The predicted molar refractivity (Wildman–Crippen MR) is 132 cm³/mol. The summed E-state index contributed by atoms with van der Waals surface area (Å²) < 4.78 is 7.07. The lowest BCUT2D eigenvalue weighted by Crippen LogP contribution is -2.38. The SMILES string of the molecule is CCOC(=O)c1sc(C(C)NC(=NC)NCc2c(CC)nn(C)c2CC)nc1C.I. The number of carbonyl (C=O) groups is 1. The van der Waals surface area contributed by atoms with E-state index in [1.807, 2.05) is 25.6 Å². The van der Waals surface area contributed by atoms with Gasteiger partial charge in [-0.3, -0.25) is 9.67 Å². The molecule has 0 amide bonds. The van der Waals surface area contributed by atoms with Crippen LogP contribution in [0.3, 0.4) is 0 Å². The van der Waals surface area contributed by atoms with E-state index < -0.39 is 0 Å². The molecule has 0 saturated heterocycles. The predicted octanol–water partition coefficient (Wildman–Crippen LogP) is 3.53. The minimum Gasteiger partial charge on any atom is -0.462 e. The number of aromatic nitrogens is 3. The summed E-state index contributed by atoms with van der Waals surface area (Å²) in [4.78, 5) is 21.5. The smallest absolute Gasteiger partial charge is 0.350 e. The Morgan fingerprint density at radius 2 is 2.00 bits per heavy atom. The van der Waals surface area contributed by atoms with Gasteiger partial charge in [-0.15, -0.1) is 35.3 Å². The van der Waals surface area contributed by atoms with Crippen LogP contribution in [0, 0.1) is 6.92 Å². The first-order valence-corrected chi connectivity index (χ1v) is 10.8. The molecule has 0 radical (unpaired) electrons. The highest BCUT2D eigenvalue weighted by Gasteiger charge is 2.20. The summed E-state index contributed by atoms with van der Waals surface area (Å²) in [5.74, 6) is 0.357. The van der Waals surface area contributed by atoms with Crippen molar-refractivity contribution in [2.75, 3.05) is 13.7 Å². The quantitative estimate of drug-likeness (QED) is 0.227. The molecule has 0 fully saturated rings. The lowest BCUT2D eigenvalue weighted by atomic mass is 10.1. The Balaban J connectivity index is 0.00000450. The number of carbonyl (C=O) groups excluding carboxylic acids is 1. The summed E-state index contributed by atoms with van der Waals surface area (Å²) in [6.07, 6.45) is 1.82. The van der Waals surface area contributed by atoms with Gasteiger partial charge in [0.15, 0.2) is 5.96 Å². The molecule has 2 heterocycles. The lowest BCUT2D eigenvalue weighted by Gasteiger charge is -2.16. The molecule has 0 aliphatic carbocycles. The van der Waals surface area contributed by atoms with E-state index in [2.05, 4.69) is 39.6 Å². The third-order valence-corrected chi connectivity index (χ3v) is 6.00. The molecule has 2 aromatic heterocycles. The molecular weight excluding hydrogens is 515 g/mol. The summed E-state index contributed by atoms with van der Waals surface area (Å²) in [5, 5.41) is 12.2. The van der Waals surface area contributed by atoms with Crippen LogP contribution in [0.1, 0.15) is 71.1 Å². The number of hydrogen-bond donors (Lipinski definition) is 2. The first-order chi connectivity index (χ1) is 13.9. The molecular formula is C20H33IN6O2S. The molecule has 0 spiro atoms. The van der Waals surface area contributed by atoms with Crippen molar-refractivity contribution in [1.82, 2.24) is 25.4 Å². The standard InChI is InChI=1S/C20H32N6O2S.HI/c1-8-15-14(16(9-2)26(7)25-15)11-22-20(21-6)24-13(5)18-23-12(4)17(29-18)19(27)28-10-3;/h13H,8-11H2,1-7H3,(H2,21,22,24);1H. The highest BCUT2D eigenvalue weighted by atomic mass is 127. The van der Waals surface area contributed by atoms with E-state index in [4.69, 9.17) is 4.74 Å². The van der Waals surface area contributed by atoms with Crippen molar-refractivity contribution in [3.8, 4) is 0 Å². The minimum absolute atomic E-state index is 0. The van der Waals surface area contributed by atoms with Crippen LogP contribution in [0.4, 0.5) is 0 Å². The molecule has 0 aromatic carbocycles. The molecule has 2 rings (SSSR count). The third-order valence-electron chi connectivity index (χ3n) is 4.68. The van der Waals surface area contributed by atoms with Gasteiger partial charge in [0.1, 0.15) is 9.88 Å². The number of hydrogen-bond acceptors (Lipinski definition) is 6. The van der Waals surface area contributed by atoms with Gasteiger partial charge in [-0.2, -0.15) is 5.10 Å². The molecule has 0 saturated carbocycles. The first-order valence-electron chi connectivity index (χ1n) is 10.0. The molecule has 0 bridgehead atoms. The van der Waals surface area contributed by atoms with Crippen LogP contribution in [0.5, 0.6) is 0 Å². The zero-order valence-corrected chi connectivity index (χ0v) is 22.0. The van der Waals surface area contributed by atoms with Crippen molar-refractivity contribution in [2.45, 2.75) is 60.0 Å². The van der Waals surface area contributed by atoms with Gasteiger partial charge < -0.3 is 15.4 Å². The van der Waals surface area contributed by atoms with E-state index in [0.717, 1.165) is 23.5 Å². The van der Waals surface area contributed by atoms with Crippen molar-refractivity contribution >= 4 is 47.2 Å². The van der Waals surface area contributed by atoms with Gasteiger partial charge in [-0.25, -0.2) is 9.78 Å². The fraction of sp³-hybridized carbons (Fsp3) is 0.600. The second-order valence-electron chi connectivity index (χ2n) is 6.68. The van der Waals surface area contributed by atoms with Gasteiger partial charge in [0, 0.05) is 31.9 Å². The first kappa shape index (κ1) is 26.3. The van der Waals surface area contributed by atoms with Crippen LogP contribution in [0.25, 0.3) is 0 Å². The van der Waals surface area contributed by atoms with Crippen LogP contribution in [0.2, 0.25) is 0 Å². The van der Waals surface area contributed by atoms with Gasteiger partial charge in [0.05, 0.1) is 24.0 Å². The number of nitrogens with one attached hydrogen (secondary N) is 2. The number of esters is 1. The largest absolute Gasteiger partial charge is 0.462 e. The maximum Gasteiger partial charge on any atom is 0.350 e. The van der Waals surface area contributed by atoms with Gasteiger partial charge in [-0.05, 0) is 33.6 Å². The average molecular weight is 548 g/mol. The second-order valence-corrected chi connectivity index (χ2v) is 7.71. The zero-order chi connectivity index (χ0) is 21.6. The summed E-state index contributed by atoms with van der Waals surface area (Å²) in [7, 11) is 3.73. The van der Waals surface area contributed by atoms with Gasteiger partial charge in [0.25, 0.3) is 0 Å². The Labute approximate surface area is 199 Å². The lowest BCUT2D eigenvalue weighted by molar-refractivity contribution is 0.0531. The van der Waals surface area contributed by atoms with E-state index in [9.17, 15) is 4.79 Å². The molecule has 2 N–H and O–H groups in total. The highest BCUT2D eigenvalue weighted by molar-refractivity contribution is 14.0. The summed E-state index contributed by atoms with van der Waals surface area (Å²) in [6.45, 7) is 10.9. The Morgan fingerprint density at radius 1 is 1.30 bits per heavy atom. The van der Waals surface area contributed by atoms with Crippen LogP contribution >= 0.6 is 35.3 Å². The molecule has 2 aromatic rings. The Kier molecular flexibility index (Phi) is 10.7. The van der Waals surface area contributed by atoms with Gasteiger partial charge in [0.2, 0.25) is 0 Å². The van der Waals surface area contributed by atoms with E-state index in [1.165, 1.54) is 22.6 Å². The summed E-state index contributed by atoms with van der Waals surface area (Å²) in [6, 6.07) is -0.0988. The van der Waals surface area contributed by atoms with Crippen molar-refractivity contribution in [3.05, 3.63) is 32.5 Å². The number of rotatable bonds is 8. The Morgan fingerprint density at radius 3 is 2.57 bits per heavy atom. The monoisotopic (exact) mass is 548 g/mol. The Hall–Kier alpha value is -1.69. The van der Waals surface area contributed by atoms with Crippen LogP contribution in [0.15, 0.2) is 4.99 Å². The molecule has 1 unspecified atom stereocenters. The number of nitrogens with zero attached hydrogens (tertiary/aromatic N) is 4. The van der Waals surface area contributed by atoms with Crippen molar-refractivity contribution < 1.29 is 9.53 Å². The van der Waals surface area contributed by atoms with Gasteiger partial charge >= 0.3 is 5.97 Å². The third kappa shape index (κ3) is 6.16. The van der Waals surface area contributed by atoms with E-state index in [1.54, 1.807) is 14.0 Å². The minimum atomic E-state index is -0.320. The zero-order valence-electron chi connectivity index (χ0n) is 18.8. The molecule has 168 valence electrons. The second kappa shape index (κ2) is 12.2. The number of aliphatic imine (C=N–C) groups is 1. The topological polar surface area (TPSA) is 93.4 Å². The molecule has 1 atom stereocenters. The fourth-order valence-corrected chi connectivity index (χ4v) is 4.18. The molecule has 0 aliphatic heterocycles. The molecule has 8 nitrogen and oxygen atoms in total. The molecule has 10 heteroatoms. The number of thiazole rings is 1. The number of aryl methyl sites for hydroxylation is 3. The number of guanidine groups is 1. The van der Waals surface area contributed by atoms with Crippen molar-refractivity contribution in [3.63, 3.8) is 0 Å². The highest BCUT2D eigenvalue weighted by Crippen LogP contribution is 2.24. The number of halogens is 1. The van der Waals surface area contributed by atoms with E-state index >= 15 is 0 Å². The maximum atomic E-state index is 12.0.